The largest absolute Gasteiger partial charge is 0.394 e. The van der Waals surface area contributed by atoms with Gasteiger partial charge in [-0.2, -0.15) is 0 Å². The number of allylic oxidation sites excluding steroid dienone is 3. The fourth-order valence-electron chi connectivity index (χ4n) is 6.72. The smallest absolute Gasteiger partial charge is 0.220 e. The van der Waals surface area contributed by atoms with Crippen molar-refractivity contribution in [2.45, 2.75) is 230 Å². The SMILES string of the molecule is CCCC/C=C\CCCCCCC(=O)NC(COC1OC(CO)C(O)C(O)C1O)C(O)/C=C/CCCCCCCCCCCCCCCCCCC. The second-order valence-electron chi connectivity index (χ2n) is 15.1. The van der Waals surface area contributed by atoms with Gasteiger partial charge in [0.25, 0.3) is 0 Å². The van der Waals surface area contributed by atoms with Gasteiger partial charge in [-0.3, -0.25) is 4.79 Å². The number of amides is 1. The Morgan fingerprint density at radius 3 is 1.62 bits per heavy atom. The molecule has 1 rings (SSSR count). The van der Waals surface area contributed by atoms with E-state index in [4.69, 9.17) is 9.47 Å². The summed E-state index contributed by atoms with van der Waals surface area (Å²) in [6.07, 6.45) is 32.3. The van der Waals surface area contributed by atoms with Crippen LogP contribution in [-0.2, 0) is 14.3 Å². The molecular weight excluding hydrogens is 658 g/mol. The first-order chi connectivity index (χ1) is 25.3. The number of aliphatic hydroxyl groups is 5. The zero-order valence-corrected chi connectivity index (χ0v) is 33.3. The average Bonchev–Trinajstić information content (AvgIpc) is 3.14. The minimum Gasteiger partial charge on any atom is -0.394 e. The maximum Gasteiger partial charge on any atom is 0.220 e. The van der Waals surface area contributed by atoms with Gasteiger partial charge in [-0.15, -0.1) is 0 Å². The normalized spacial score (nSPS) is 22.0. The zero-order valence-electron chi connectivity index (χ0n) is 33.3. The van der Waals surface area contributed by atoms with Gasteiger partial charge in [-0.25, -0.2) is 0 Å². The number of nitrogens with one attached hydrogen (secondary N) is 1. The van der Waals surface area contributed by atoms with Gasteiger partial charge in [-0.1, -0.05) is 167 Å². The highest BCUT2D eigenvalue weighted by Gasteiger charge is 2.44. The molecule has 7 atom stereocenters. The molecule has 9 nitrogen and oxygen atoms in total. The van der Waals surface area contributed by atoms with Gasteiger partial charge in [0.2, 0.25) is 5.91 Å². The van der Waals surface area contributed by atoms with E-state index in [1.54, 1.807) is 6.08 Å². The fourth-order valence-corrected chi connectivity index (χ4v) is 6.72. The van der Waals surface area contributed by atoms with Crippen molar-refractivity contribution in [3.63, 3.8) is 0 Å². The van der Waals surface area contributed by atoms with E-state index in [1.165, 1.54) is 109 Å². The van der Waals surface area contributed by atoms with Crippen LogP contribution in [0.1, 0.15) is 187 Å². The van der Waals surface area contributed by atoms with Crippen molar-refractivity contribution in [3.8, 4) is 0 Å². The zero-order chi connectivity index (χ0) is 38.1. The molecule has 1 amide bonds. The molecule has 0 aromatic heterocycles. The van der Waals surface area contributed by atoms with Crippen LogP contribution in [0, 0.1) is 0 Å². The maximum absolute atomic E-state index is 12.9. The molecule has 0 radical (unpaired) electrons. The van der Waals surface area contributed by atoms with E-state index in [2.05, 4.69) is 31.3 Å². The monoisotopic (exact) mass is 740 g/mol. The standard InChI is InChI=1S/C43H81NO8/c1-3-5-7-9-11-13-15-16-17-18-19-20-21-22-23-24-26-28-30-32-37(46)36(35-51-43-42(50)41(49)40(48)38(34-45)52-43)44-39(47)33-31-29-27-25-14-12-10-8-6-4-2/h10,12,30,32,36-38,40-43,45-46,48-50H,3-9,11,13-29,31,33-35H2,1-2H3,(H,44,47)/b12-10-,32-30+. The summed E-state index contributed by atoms with van der Waals surface area (Å²) in [6.45, 7) is 3.71. The summed E-state index contributed by atoms with van der Waals surface area (Å²) in [6, 6.07) is -0.806. The van der Waals surface area contributed by atoms with Crippen LogP contribution in [0.15, 0.2) is 24.3 Å². The number of unbranched alkanes of at least 4 members (excludes halogenated alkanes) is 23. The van der Waals surface area contributed by atoms with E-state index in [1.807, 2.05) is 6.08 Å². The van der Waals surface area contributed by atoms with E-state index in [0.29, 0.717) is 6.42 Å². The number of carbonyl (C=O) groups is 1. The summed E-state index contributed by atoms with van der Waals surface area (Å²) in [7, 11) is 0. The Balaban J connectivity index is 2.36. The van der Waals surface area contributed by atoms with Crippen LogP contribution in [-0.4, -0.2) is 87.5 Å². The molecule has 0 aromatic rings. The van der Waals surface area contributed by atoms with Crippen LogP contribution in [0.5, 0.6) is 0 Å². The topological polar surface area (TPSA) is 149 Å². The molecule has 1 heterocycles. The average molecular weight is 740 g/mol. The first-order valence-corrected chi connectivity index (χ1v) is 21.6. The lowest BCUT2D eigenvalue weighted by atomic mass is 9.99. The molecule has 0 saturated carbocycles. The highest BCUT2D eigenvalue weighted by molar-refractivity contribution is 5.76. The Hall–Kier alpha value is -1.33. The molecule has 1 fully saturated rings. The molecule has 7 unspecified atom stereocenters. The van der Waals surface area contributed by atoms with Gasteiger partial charge in [0, 0.05) is 6.42 Å². The third-order valence-electron chi connectivity index (χ3n) is 10.3. The predicted molar refractivity (Wildman–Crippen MR) is 212 cm³/mol. The Labute approximate surface area is 318 Å². The summed E-state index contributed by atoms with van der Waals surface area (Å²) < 4.78 is 11.2. The van der Waals surface area contributed by atoms with E-state index in [0.717, 1.165) is 57.8 Å². The number of carbonyl (C=O) groups excluding carboxylic acids is 1. The van der Waals surface area contributed by atoms with E-state index < -0.39 is 49.5 Å². The maximum atomic E-state index is 12.9. The highest BCUT2D eigenvalue weighted by atomic mass is 16.7. The highest BCUT2D eigenvalue weighted by Crippen LogP contribution is 2.22. The number of hydrogen-bond donors (Lipinski definition) is 6. The molecule has 52 heavy (non-hydrogen) atoms. The molecule has 0 bridgehead atoms. The molecule has 6 N–H and O–H groups in total. The summed E-state index contributed by atoms with van der Waals surface area (Å²) in [4.78, 5) is 12.9. The first kappa shape index (κ1) is 48.7. The van der Waals surface area contributed by atoms with Crippen molar-refractivity contribution >= 4 is 5.91 Å². The van der Waals surface area contributed by atoms with Gasteiger partial charge < -0.3 is 40.3 Å². The lowest BCUT2D eigenvalue weighted by molar-refractivity contribution is -0.302. The Bertz CT molecular complexity index is 868. The van der Waals surface area contributed by atoms with Crippen molar-refractivity contribution in [3.05, 3.63) is 24.3 Å². The minimum absolute atomic E-state index is 0.191. The molecular formula is C43H81NO8. The van der Waals surface area contributed by atoms with Crippen LogP contribution in [0.25, 0.3) is 0 Å². The van der Waals surface area contributed by atoms with Gasteiger partial charge in [0.05, 0.1) is 25.4 Å². The van der Waals surface area contributed by atoms with E-state index in [-0.39, 0.29) is 12.5 Å². The molecule has 306 valence electrons. The van der Waals surface area contributed by atoms with Gasteiger partial charge in [0.1, 0.15) is 24.4 Å². The van der Waals surface area contributed by atoms with Crippen LogP contribution in [0.4, 0.5) is 0 Å². The quantitative estimate of drug-likeness (QED) is 0.0281. The summed E-state index contributed by atoms with van der Waals surface area (Å²) >= 11 is 0. The Morgan fingerprint density at radius 2 is 1.10 bits per heavy atom. The second kappa shape index (κ2) is 34.2. The summed E-state index contributed by atoms with van der Waals surface area (Å²) in [5, 5.41) is 54.0. The Kier molecular flexibility index (Phi) is 32.0. The van der Waals surface area contributed by atoms with Crippen molar-refractivity contribution in [1.82, 2.24) is 5.32 Å². The fraction of sp³-hybridized carbons (Fsp3) is 0.884. The van der Waals surface area contributed by atoms with Crippen molar-refractivity contribution < 1.29 is 39.8 Å². The van der Waals surface area contributed by atoms with Gasteiger partial charge in [0.15, 0.2) is 6.29 Å². The van der Waals surface area contributed by atoms with Crippen LogP contribution in [0.2, 0.25) is 0 Å². The lowest BCUT2D eigenvalue weighted by Crippen LogP contribution is -2.60. The summed E-state index contributed by atoms with van der Waals surface area (Å²) in [5.74, 6) is -0.192. The Morgan fingerprint density at radius 1 is 0.635 bits per heavy atom. The molecule has 0 spiro atoms. The predicted octanol–water partition coefficient (Wildman–Crippen LogP) is 8.33. The van der Waals surface area contributed by atoms with Gasteiger partial charge >= 0.3 is 0 Å². The molecule has 9 heteroatoms. The second-order valence-corrected chi connectivity index (χ2v) is 15.1. The number of hydrogen-bond acceptors (Lipinski definition) is 8. The van der Waals surface area contributed by atoms with Crippen LogP contribution >= 0.6 is 0 Å². The van der Waals surface area contributed by atoms with Crippen molar-refractivity contribution in [1.29, 1.82) is 0 Å². The van der Waals surface area contributed by atoms with Crippen molar-refractivity contribution in [2.75, 3.05) is 13.2 Å². The van der Waals surface area contributed by atoms with Crippen molar-refractivity contribution in [2.24, 2.45) is 0 Å². The lowest BCUT2D eigenvalue weighted by Gasteiger charge is -2.40. The van der Waals surface area contributed by atoms with E-state index in [9.17, 15) is 30.3 Å². The van der Waals surface area contributed by atoms with E-state index >= 15 is 0 Å². The number of aliphatic hydroxyl groups excluding tert-OH is 5. The molecule has 1 aliphatic heterocycles. The minimum atomic E-state index is -1.56. The molecule has 1 aliphatic rings. The molecule has 0 aromatic carbocycles. The number of ether oxygens (including phenoxy) is 2. The number of rotatable bonds is 35. The molecule has 1 saturated heterocycles. The van der Waals surface area contributed by atoms with Crippen LogP contribution in [0.3, 0.4) is 0 Å². The molecule has 0 aliphatic carbocycles. The third-order valence-corrected chi connectivity index (χ3v) is 10.3. The third kappa shape index (κ3) is 24.9. The first-order valence-electron chi connectivity index (χ1n) is 21.6. The summed E-state index contributed by atoms with van der Waals surface area (Å²) in [5.41, 5.74) is 0. The van der Waals surface area contributed by atoms with Gasteiger partial charge in [-0.05, 0) is 38.5 Å². The van der Waals surface area contributed by atoms with Crippen LogP contribution < -0.4 is 5.32 Å².